The Bertz CT molecular complexity index is 533. The lowest BCUT2D eigenvalue weighted by molar-refractivity contribution is -0.121. The molecule has 0 spiro atoms. The third-order valence-electron chi connectivity index (χ3n) is 4.44. The van der Waals surface area contributed by atoms with Gasteiger partial charge in [0.05, 0.1) is 24.3 Å². The second kappa shape index (κ2) is 10.8. The number of hydrogen-bond acceptors (Lipinski definition) is 4. The van der Waals surface area contributed by atoms with Gasteiger partial charge in [-0.2, -0.15) is 0 Å². The Morgan fingerprint density at radius 2 is 2.04 bits per heavy atom. The van der Waals surface area contributed by atoms with Gasteiger partial charge in [0, 0.05) is 32.1 Å². The minimum atomic E-state index is 0.0923. The first-order chi connectivity index (χ1) is 12.1. The molecule has 0 aliphatic carbocycles. The predicted octanol–water partition coefficient (Wildman–Crippen LogP) is 3.08. The molecule has 1 unspecified atom stereocenters. The first-order valence-electron chi connectivity index (χ1n) is 9.03. The summed E-state index contributed by atoms with van der Waals surface area (Å²) >= 11 is 3.45. The molecule has 0 radical (unpaired) electrons. The second-order valence-electron chi connectivity index (χ2n) is 6.65. The predicted molar refractivity (Wildman–Crippen MR) is 103 cm³/mol. The van der Waals surface area contributed by atoms with Crippen LogP contribution in [-0.4, -0.2) is 56.3 Å². The molecule has 2 rings (SSSR count). The number of benzene rings is 1. The third kappa shape index (κ3) is 6.96. The van der Waals surface area contributed by atoms with Crippen LogP contribution in [0, 0.1) is 5.92 Å². The fourth-order valence-corrected chi connectivity index (χ4v) is 3.38. The van der Waals surface area contributed by atoms with Crippen molar-refractivity contribution in [3.8, 4) is 5.75 Å². The topological polar surface area (TPSA) is 50.8 Å². The zero-order valence-electron chi connectivity index (χ0n) is 15.2. The first-order valence-corrected chi connectivity index (χ1v) is 9.83. The van der Waals surface area contributed by atoms with Gasteiger partial charge in [-0.25, -0.2) is 0 Å². The number of carbonyl (C=O) groups is 1. The van der Waals surface area contributed by atoms with Crippen LogP contribution < -0.4 is 10.1 Å². The van der Waals surface area contributed by atoms with Crippen molar-refractivity contribution in [1.29, 1.82) is 0 Å². The summed E-state index contributed by atoms with van der Waals surface area (Å²) in [5.41, 5.74) is 0. The van der Waals surface area contributed by atoms with Gasteiger partial charge in [-0.1, -0.05) is 26.0 Å². The van der Waals surface area contributed by atoms with Gasteiger partial charge < -0.3 is 14.8 Å². The highest BCUT2D eigenvalue weighted by Gasteiger charge is 2.24. The Morgan fingerprint density at radius 3 is 2.72 bits per heavy atom. The zero-order valence-corrected chi connectivity index (χ0v) is 16.8. The second-order valence-corrected chi connectivity index (χ2v) is 7.50. The first kappa shape index (κ1) is 20.2. The highest BCUT2D eigenvalue weighted by molar-refractivity contribution is 9.10. The van der Waals surface area contributed by atoms with Gasteiger partial charge in [-0.3, -0.25) is 9.69 Å². The van der Waals surface area contributed by atoms with Crippen molar-refractivity contribution >= 4 is 21.8 Å². The van der Waals surface area contributed by atoms with E-state index in [1.807, 2.05) is 24.3 Å². The Labute approximate surface area is 159 Å². The van der Waals surface area contributed by atoms with Gasteiger partial charge in [0.15, 0.2) is 0 Å². The van der Waals surface area contributed by atoms with Crippen LogP contribution in [0.3, 0.4) is 0 Å². The molecule has 0 bridgehead atoms. The van der Waals surface area contributed by atoms with E-state index in [0.717, 1.165) is 36.5 Å². The van der Waals surface area contributed by atoms with Crippen molar-refractivity contribution in [2.24, 2.45) is 5.92 Å². The normalized spacial score (nSPS) is 16.6. The molecule has 1 aliphatic heterocycles. The molecule has 140 valence electrons. The van der Waals surface area contributed by atoms with Crippen LogP contribution in [-0.2, 0) is 9.53 Å². The van der Waals surface area contributed by atoms with E-state index in [2.05, 4.69) is 40.0 Å². The average Bonchev–Trinajstić information content (AvgIpc) is 2.61. The summed E-state index contributed by atoms with van der Waals surface area (Å²) in [6, 6.07) is 8.11. The molecule has 1 amide bonds. The molecule has 1 fully saturated rings. The maximum Gasteiger partial charge on any atom is 0.220 e. The number of para-hydroxylation sites is 1. The number of carbonyl (C=O) groups excluding carboxylic acids is 1. The fraction of sp³-hybridized carbons (Fsp3) is 0.632. The van der Waals surface area contributed by atoms with Gasteiger partial charge in [0.25, 0.3) is 0 Å². The summed E-state index contributed by atoms with van der Waals surface area (Å²) in [4.78, 5) is 14.5. The summed E-state index contributed by atoms with van der Waals surface area (Å²) in [6.45, 7) is 9.09. The molecule has 25 heavy (non-hydrogen) atoms. The number of ether oxygens (including phenoxy) is 2. The molecule has 1 atom stereocenters. The van der Waals surface area contributed by atoms with Crippen LogP contribution in [0.15, 0.2) is 28.7 Å². The lowest BCUT2D eigenvalue weighted by Gasteiger charge is -2.36. The Balaban J connectivity index is 1.66. The summed E-state index contributed by atoms with van der Waals surface area (Å²) in [7, 11) is 0. The van der Waals surface area contributed by atoms with E-state index in [1.54, 1.807) is 0 Å². The van der Waals surface area contributed by atoms with Crippen LogP contribution in [0.2, 0.25) is 0 Å². The maximum absolute atomic E-state index is 12.1. The van der Waals surface area contributed by atoms with E-state index < -0.39 is 0 Å². The molecule has 1 aromatic carbocycles. The summed E-state index contributed by atoms with van der Waals surface area (Å²) in [6.07, 6.45) is 1.19. The van der Waals surface area contributed by atoms with Gasteiger partial charge in [-0.15, -0.1) is 0 Å². The van der Waals surface area contributed by atoms with E-state index in [9.17, 15) is 4.79 Å². The highest BCUT2D eigenvalue weighted by atomic mass is 79.9. The van der Waals surface area contributed by atoms with Gasteiger partial charge in [-0.05, 0) is 40.4 Å². The third-order valence-corrected chi connectivity index (χ3v) is 5.09. The van der Waals surface area contributed by atoms with Crippen LogP contribution >= 0.6 is 15.9 Å². The molecule has 1 N–H and O–H groups in total. The Morgan fingerprint density at radius 1 is 1.32 bits per heavy atom. The van der Waals surface area contributed by atoms with Crippen LogP contribution in [0.5, 0.6) is 5.75 Å². The zero-order chi connectivity index (χ0) is 18.1. The molecule has 1 saturated heterocycles. The molecular formula is C19H29BrN2O3. The van der Waals surface area contributed by atoms with Crippen molar-refractivity contribution in [2.45, 2.75) is 32.7 Å². The number of morpholine rings is 1. The monoisotopic (exact) mass is 412 g/mol. The Hall–Kier alpha value is -1.11. The van der Waals surface area contributed by atoms with Crippen LogP contribution in [0.25, 0.3) is 0 Å². The van der Waals surface area contributed by atoms with Crippen molar-refractivity contribution in [3.63, 3.8) is 0 Å². The van der Waals surface area contributed by atoms with Crippen molar-refractivity contribution in [1.82, 2.24) is 10.2 Å². The van der Waals surface area contributed by atoms with Gasteiger partial charge in [0.2, 0.25) is 5.91 Å². The van der Waals surface area contributed by atoms with E-state index in [4.69, 9.17) is 9.47 Å². The largest absolute Gasteiger partial charge is 0.492 e. The molecule has 1 aromatic rings. The standard InChI is InChI=1S/C19H29BrN2O3/c1-15(2)17(22-9-12-24-13-10-22)14-21-19(23)8-5-11-25-18-7-4-3-6-16(18)20/h3-4,6-7,15,17H,5,8-14H2,1-2H3,(H,21,23). The molecule has 0 aromatic heterocycles. The van der Waals surface area contributed by atoms with Crippen molar-refractivity contribution in [3.05, 3.63) is 28.7 Å². The van der Waals surface area contributed by atoms with Crippen LogP contribution in [0.4, 0.5) is 0 Å². The summed E-state index contributed by atoms with van der Waals surface area (Å²) in [5, 5.41) is 3.09. The number of hydrogen-bond donors (Lipinski definition) is 1. The van der Waals surface area contributed by atoms with Crippen molar-refractivity contribution in [2.75, 3.05) is 39.5 Å². The average molecular weight is 413 g/mol. The number of nitrogens with zero attached hydrogens (tertiary/aromatic N) is 1. The van der Waals surface area contributed by atoms with Crippen LogP contribution in [0.1, 0.15) is 26.7 Å². The minimum Gasteiger partial charge on any atom is -0.492 e. The molecule has 1 aliphatic rings. The minimum absolute atomic E-state index is 0.0923. The fourth-order valence-electron chi connectivity index (χ4n) is 2.98. The number of amides is 1. The quantitative estimate of drug-likeness (QED) is 0.633. The number of nitrogens with one attached hydrogen (secondary N) is 1. The molecular weight excluding hydrogens is 384 g/mol. The summed E-state index contributed by atoms with van der Waals surface area (Å²) in [5.74, 6) is 1.40. The Kier molecular flexibility index (Phi) is 8.72. The lowest BCUT2D eigenvalue weighted by Crippen LogP contribution is -2.51. The number of halogens is 1. The van der Waals surface area contributed by atoms with E-state index in [1.165, 1.54) is 0 Å². The maximum atomic E-state index is 12.1. The highest BCUT2D eigenvalue weighted by Crippen LogP contribution is 2.23. The summed E-state index contributed by atoms with van der Waals surface area (Å²) < 4.78 is 12.1. The van der Waals surface area contributed by atoms with Gasteiger partial charge >= 0.3 is 0 Å². The van der Waals surface area contributed by atoms with Crippen molar-refractivity contribution < 1.29 is 14.3 Å². The molecule has 5 nitrogen and oxygen atoms in total. The molecule has 0 saturated carbocycles. The molecule has 1 heterocycles. The smallest absolute Gasteiger partial charge is 0.220 e. The number of rotatable bonds is 9. The van der Waals surface area contributed by atoms with E-state index in [0.29, 0.717) is 38.0 Å². The van der Waals surface area contributed by atoms with E-state index in [-0.39, 0.29) is 5.91 Å². The lowest BCUT2D eigenvalue weighted by atomic mass is 10.0. The SMILES string of the molecule is CC(C)C(CNC(=O)CCCOc1ccccc1Br)N1CCOCC1. The molecule has 6 heteroatoms. The van der Waals surface area contributed by atoms with Gasteiger partial charge in [0.1, 0.15) is 5.75 Å². The van der Waals surface area contributed by atoms with E-state index >= 15 is 0 Å².